The SMILES string of the molecule is O=C(OCc1csc(Nc2ccccc2)n1)c1ccc2ccccc2n1. The van der Waals surface area contributed by atoms with Crippen molar-refractivity contribution in [1.82, 2.24) is 9.97 Å². The molecule has 2 aromatic heterocycles. The predicted octanol–water partition coefficient (Wildman–Crippen LogP) is 4.79. The summed E-state index contributed by atoms with van der Waals surface area (Å²) in [7, 11) is 0. The smallest absolute Gasteiger partial charge is 0.357 e. The molecule has 26 heavy (non-hydrogen) atoms. The lowest BCUT2D eigenvalue weighted by atomic mass is 10.2. The quantitative estimate of drug-likeness (QED) is 0.518. The molecule has 6 heteroatoms. The van der Waals surface area contributed by atoms with Crippen molar-refractivity contribution >= 4 is 39.0 Å². The lowest BCUT2D eigenvalue weighted by Gasteiger charge is -2.04. The molecule has 2 aromatic carbocycles. The Morgan fingerprint density at radius 3 is 2.65 bits per heavy atom. The average Bonchev–Trinajstić information content (AvgIpc) is 3.14. The third-order valence-corrected chi connectivity index (χ3v) is 4.54. The average molecular weight is 361 g/mol. The number of thiazole rings is 1. The van der Waals surface area contributed by atoms with E-state index < -0.39 is 5.97 Å². The monoisotopic (exact) mass is 361 g/mol. The van der Waals surface area contributed by atoms with Crippen LogP contribution < -0.4 is 5.32 Å². The number of anilines is 2. The molecule has 0 aliphatic rings. The summed E-state index contributed by atoms with van der Waals surface area (Å²) in [6, 6.07) is 21.0. The van der Waals surface area contributed by atoms with Gasteiger partial charge in [-0.25, -0.2) is 14.8 Å². The molecule has 0 atom stereocenters. The third kappa shape index (κ3) is 3.70. The summed E-state index contributed by atoms with van der Waals surface area (Å²) in [4.78, 5) is 21.0. The fourth-order valence-corrected chi connectivity index (χ4v) is 3.18. The van der Waals surface area contributed by atoms with E-state index in [4.69, 9.17) is 4.74 Å². The summed E-state index contributed by atoms with van der Waals surface area (Å²) in [6.07, 6.45) is 0. The number of hydrogen-bond acceptors (Lipinski definition) is 6. The van der Waals surface area contributed by atoms with E-state index >= 15 is 0 Å². The van der Waals surface area contributed by atoms with Crippen LogP contribution in [0.15, 0.2) is 72.1 Å². The summed E-state index contributed by atoms with van der Waals surface area (Å²) < 4.78 is 5.34. The summed E-state index contributed by atoms with van der Waals surface area (Å²) in [5, 5.41) is 6.83. The first-order valence-electron chi connectivity index (χ1n) is 8.07. The van der Waals surface area contributed by atoms with Gasteiger partial charge in [0.1, 0.15) is 12.3 Å². The first-order chi connectivity index (χ1) is 12.8. The standard InChI is InChI=1S/C20H15N3O2S/c24-19(18-11-10-14-6-4-5-9-17(14)23-18)25-12-16-13-26-20(22-16)21-15-7-2-1-3-8-15/h1-11,13H,12H2,(H,21,22). The van der Waals surface area contributed by atoms with Crippen LogP contribution in [0.3, 0.4) is 0 Å². The van der Waals surface area contributed by atoms with Crippen molar-refractivity contribution in [2.75, 3.05) is 5.32 Å². The molecule has 0 saturated carbocycles. The van der Waals surface area contributed by atoms with Gasteiger partial charge in [-0.3, -0.25) is 0 Å². The van der Waals surface area contributed by atoms with E-state index in [0.29, 0.717) is 11.4 Å². The first kappa shape index (κ1) is 16.2. The maximum atomic E-state index is 12.2. The maximum absolute atomic E-state index is 12.2. The highest BCUT2D eigenvalue weighted by Crippen LogP contribution is 2.21. The number of carbonyl (C=O) groups is 1. The Morgan fingerprint density at radius 1 is 0.962 bits per heavy atom. The summed E-state index contributed by atoms with van der Waals surface area (Å²) >= 11 is 1.46. The summed E-state index contributed by atoms with van der Waals surface area (Å²) in [5.41, 5.74) is 2.72. The molecular formula is C20H15N3O2S. The molecule has 0 aliphatic carbocycles. The number of esters is 1. The highest BCUT2D eigenvalue weighted by Gasteiger charge is 2.11. The fourth-order valence-electron chi connectivity index (χ4n) is 2.47. The second-order valence-electron chi connectivity index (χ2n) is 5.60. The van der Waals surface area contributed by atoms with Gasteiger partial charge in [0.05, 0.1) is 11.2 Å². The van der Waals surface area contributed by atoms with E-state index in [1.807, 2.05) is 66.0 Å². The second kappa shape index (κ2) is 7.33. The minimum Gasteiger partial charge on any atom is -0.454 e. The lowest BCUT2D eigenvalue weighted by molar-refractivity contribution is 0.0462. The number of pyridine rings is 1. The maximum Gasteiger partial charge on any atom is 0.357 e. The molecule has 0 aliphatic heterocycles. The Balaban J connectivity index is 1.39. The van der Waals surface area contributed by atoms with E-state index in [1.54, 1.807) is 6.07 Å². The molecule has 0 radical (unpaired) electrons. The zero-order chi connectivity index (χ0) is 17.8. The zero-order valence-electron chi connectivity index (χ0n) is 13.8. The van der Waals surface area contributed by atoms with Crippen LogP contribution in [-0.4, -0.2) is 15.9 Å². The van der Waals surface area contributed by atoms with Gasteiger partial charge >= 0.3 is 5.97 Å². The molecule has 4 rings (SSSR count). The molecule has 0 saturated heterocycles. The van der Waals surface area contributed by atoms with Crippen LogP contribution in [0.5, 0.6) is 0 Å². The van der Waals surface area contributed by atoms with Gasteiger partial charge in [0.25, 0.3) is 0 Å². The number of aromatic nitrogens is 2. The molecular weight excluding hydrogens is 346 g/mol. The number of carbonyl (C=O) groups excluding carboxylic acids is 1. The van der Waals surface area contributed by atoms with Crippen LogP contribution in [0.4, 0.5) is 10.8 Å². The number of hydrogen-bond donors (Lipinski definition) is 1. The van der Waals surface area contributed by atoms with Gasteiger partial charge in [0.15, 0.2) is 5.13 Å². The molecule has 0 unspecified atom stereocenters. The molecule has 0 fully saturated rings. The van der Waals surface area contributed by atoms with Gasteiger partial charge in [-0.2, -0.15) is 0 Å². The number of rotatable bonds is 5. The molecule has 0 amide bonds. The first-order valence-corrected chi connectivity index (χ1v) is 8.95. The van der Waals surface area contributed by atoms with Gasteiger partial charge in [0, 0.05) is 16.5 Å². The number of ether oxygens (including phenoxy) is 1. The number of nitrogens with one attached hydrogen (secondary N) is 1. The minimum absolute atomic E-state index is 0.111. The highest BCUT2D eigenvalue weighted by atomic mass is 32.1. The van der Waals surface area contributed by atoms with Crippen LogP contribution in [0.2, 0.25) is 0 Å². The second-order valence-corrected chi connectivity index (χ2v) is 6.46. The molecule has 0 spiro atoms. The Kier molecular flexibility index (Phi) is 4.57. The van der Waals surface area contributed by atoms with Gasteiger partial charge in [-0.1, -0.05) is 42.5 Å². The van der Waals surface area contributed by atoms with Gasteiger partial charge in [0.2, 0.25) is 0 Å². The molecule has 4 aromatic rings. The van der Waals surface area contributed by atoms with Crippen LogP contribution in [0, 0.1) is 0 Å². The Labute approximate surface area is 154 Å². The Hall–Kier alpha value is -3.25. The van der Waals surface area contributed by atoms with E-state index in [1.165, 1.54) is 11.3 Å². The topological polar surface area (TPSA) is 64.1 Å². The van der Waals surface area contributed by atoms with E-state index in [9.17, 15) is 4.79 Å². The largest absolute Gasteiger partial charge is 0.454 e. The normalized spacial score (nSPS) is 10.6. The molecule has 5 nitrogen and oxygen atoms in total. The van der Waals surface area contributed by atoms with Gasteiger partial charge < -0.3 is 10.1 Å². The van der Waals surface area contributed by atoms with Crippen molar-refractivity contribution in [2.24, 2.45) is 0 Å². The Bertz CT molecular complexity index is 1050. The van der Waals surface area contributed by atoms with Crippen LogP contribution in [0.25, 0.3) is 10.9 Å². The number of nitrogens with zero attached hydrogens (tertiary/aromatic N) is 2. The van der Waals surface area contributed by atoms with Gasteiger partial charge in [-0.05, 0) is 24.3 Å². The van der Waals surface area contributed by atoms with Crippen LogP contribution in [0.1, 0.15) is 16.2 Å². The van der Waals surface area contributed by atoms with Crippen molar-refractivity contribution in [1.29, 1.82) is 0 Å². The number of para-hydroxylation sites is 2. The minimum atomic E-state index is -0.457. The van der Waals surface area contributed by atoms with Crippen molar-refractivity contribution in [3.8, 4) is 0 Å². The summed E-state index contributed by atoms with van der Waals surface area (Å²) in [5.74, 6) is -0.457. The fraction of sp³-hybridized carbons (Fsp3) is 0.0500. The zero-order valence-corrected chi connectivity index (χ0v) is 14.6. The summed E-state index contributed by atoms with van der Waals surface area (Å²) in [6.45, 7) is 0.111. The van der Waals surface area contributed by atoms with Crippen molar-refractivity contribution in [3.63, 3.8) is 0 Å². The molecule has 128 valence electrons. The van der Waals surface area contributed by atoms with E-state index in [-0.39, 0.29) is 6.61 Å². The van der Waals surface area contributed by atoms with Gasteiger partial charge in [-0.15, -0.1) is 11.3 Å². The molecule has 2 heterocycles. The van der Waals surface area contributed by atoms with Crippen LogP contribution >= 0.6 is 11.3 Å². The Morgan fingerprint density at radius 2 is 1.77 bits per heavy atom. The highest BCUT2D eigenvalue weighted by molar-refractivity contribution is 7.13. The van der Waals surface area contributed by atoms with Crippen molar-refractivity contribution in [3.05, 3.63) is 83.5 Å². The number of fused-ring (bicyclic) bond motifs is 1. The van der Waals surface area contributed by atoms with Crippen molar-refractivity contribution < 1.29 is 9.53 Å². The molecule has 1 N–H and O–H groups in total. The van der Waals surface area contributed by atoms with Crippen molar-refractivity contribution in [2.45, 2.75) is 6.61 Å². The lowest BCUT2D eigenvalue weighted by Crippen LogP contribution is -2.07. The predicted molar refractivity (Wildman–Crippen MR) is 103 cm³/mol. The van der Waals surface area contributed by atoms with E-state index in [0.717, 1.165) is 21.7 Å². The third-order valence-electron chi connectivity index (χ3n) is 3.74. The van der Waals surface area contributed by atoms with Crippen LogP contribution in [-0.2, 0) is 11.3 Å². The van der Waals surface area contributed by atoms with E-state index in [2.05, 4.69) is 15.3 Å². The molecule has 0 bridgehead atoms. The number of benzene rings is 2.